The first-order chi connectivity index (χ1) is 5.83. The molecule has 1 aromatic heterocycles. The monoisotopic (exact) mass is 226 g/mol. The average molecular weight is 227 g/mol. The molecule has 4 heteroatoms. The van der Waals surface area contributed by atoms with Gasteiger partial charge in [-0.05, 0) is 12.1 Å². The highest BCUT2D eigenvalue weighted by molar-refractivity contribution is 9.08. The average Bonchev–Trinajstić information content (AvgIpc) is 2.49. The van der Waals surface area contributed by atoms with Gasteiger partial charge in [-0.25, -0.2) is 0 Å². The lowest BCUT2D eigenvalue weighted by molar-refractivity contribution is 0.450. The van der Waals surface area contributed by atoms with E-state index < -0.39 is 0 Å². The molecule has 0 unspecified atom stereocenters. The first-order valence-corrected chi connectivity index (χ1v) is 4.64. The summed E-state index contributed by atoms with van der Waals surface area (Å²) in [4.78, 5) is 0. The largest absolute Gasteiger partial charge is 0.398 e. The quantitative estimate of drug-likeness (QED) is 0.600. The Balaban J connectivity index is 2.83. The number of aromatic nitrogens is 1. The summed E-state index contributed by atoms with van der Waals surface area (Å²) >= 11 is 3.31. The van der Waals surface area contributed by atoms with Crippen molar-refractivity contribution in [2.45, 2.75) is 5.33 Å². The zero-order chi connectivity index (χ0) is 8.55. The number of fused-ring (bicyclic) bond motifs is 1. The van der Waals surface area contributed by atoms with Gasteiger partial charge in [-0.2, -0.15) is 0 Å². The summed E-state index contributed by atoms with van der Waals surface area (Å²) in [6.45, 7) is 0. The van der Waals surface area contributed by atoms with E-state index in [9.17, 15) is 0 Å². The minimum absolute atomic E-state index is 0.661. The number of alkyl halides is 1. The van der Waals surface area contributed by atoms with Crippen LogP contribution in [-0.2, 0) is 5.33 Å². The molecule has 0 aliphatic rings. The van der Waals surface area contributed by atoms with Crippen molar-refractivity contribution < 1.29 is 4.52 Å². The van der Waals surface area contributed by atoms with Gasteiger partial charge in [0.05, 0.1) is 5.39 Å². The van der Waals surface area contributed by atoms with Gasteiger partial charge in [-0.1, -0.05) is 27.2 Å². The van der Waals surface area contributed by atoms with Crippen LogP contribution in [0.4, 0.5) is 5.69 Å². The highest BCUT2D eigenvalue weighted by atomic mass is 79.9. The molecular weight excluding hydrogens is 220 g/mol. The van der Waals surface area contributed by atoms with Crippen molar-refractivity contribution in [3.05, 3.63) is 23.9 Å². The van der Waals surface area contributed by atoms with Gasteiger partial charge in [0.15, 0.2) is 5.58 Å². The fraction of sp³-hybridized carbons (Fsp3) is 0.125. The molecule has 0 amide bonds. The normalized spacial score (nSPS) is 10.8. The van der Waals surface area contributed by atoms with Gasteiger partial charge in [0.25, 0.3) is 0 Å². The molecule has 1 heterocycles. The molecule has 2 aromatic rings. The van der Waals surface area contributed by atoms with Crippen LogP contribution >= 0.6 is 15.9 Å². The molecule has 0 radical (unpaired) electrons. The predicted molar refractivity (Wildman–Crippen MR) is 51.1 cm³/mol. The van der Waals surface area contributed by atoms with Gasteiger partial charge < -0.3 is 10.3 Å². The molecule has 12 heavy (non-hydrogen) atoms. The van der Waals surface area contributed by atoms with Crippen LogP contribution in [0, 0.1) is 0 Å². The minimum Gasteiger partial charge on any atom is -0.398 e. The molecule has 62 valence electrons. The van der Waals surface area contributed by atoms with Crippen LogP contribution in [0.25, 0.3) is 11.0 Å². The number of hydrogen-bond acceptors (Lipinski definition) is 3. The second-order valence-electron chi connectivity index (χ2n) is 2.48. The van der Waals surface area contributed by atoms with Gasteiger partial charge >= 0.3 is 0 Å². The Morgan fingerprint density at radius 2 is 2.33 bits per heavy atom. The third-order valence-electron chi connectivity index (χ3n) is 1.73. The van der Waals surface area contributed by atoms with Crippen LogP contribution in [0.2, 0.25) is 0 Å². The third-order valence-corrected chi connectivity index (χ3v) is 2.26. The fourth-order valence-corrected chi connectivity index (χ4v) is 1.56. The number of nitrogens with two attached hydrogens (primary N) is 1. The molecule has 0 saturated carbocycles. The van der Waals surface area contributed by atoms with Gasteiger partial charge in [-0.15, -0.1) is 0 Å². The van der Waals surface area contributed by atoms with Crippen molar-refractivity contribution in [3.8, 4) is 0 Å². The van der Waals surface area contributed by atoms with E-state index in [0.717, 1.165) is 16.7 Å². The lowest BCUT2D eigenvalue weighted by Crippen LogP contribution is -1.86. The first kappa shape index (κ1) is 7.61. The molecule has 0 atom stereocenters. The Hall–Kier alpha value is -1.03. The lowest BCUT2D eigenvalue weighted by Gasteiger charge is -1.93. The molecule has 2 rings (SSSR count). The molecule has 3 nitrogen and oxygen atoms in total. The second kappa shape index (κ2) is 2.79. The van der Waals surface area contributed by atoms with E-state index in [4.69, 9.17) is 10.3 Å². The molecule has 0 bridgehead atoms. The third kappa shape index (κ3) is 0.992. The Kier molecular flexibility index (Phi) is 1.77. The summed E-state index contributed by atoms with van der Waals surface area (Å²) in [5.41, 5.74) is 8.06. The Labute approximate surface area is 77.7 Å². The van der Waals surface area contributed by atoms with Crippen molar-refractivity contribution in [1.29, 1.82) is 0 Å². The summed E-state index contributed by atoms with van der Waals surface area (Å²) in [7, 11) is 0. The van der Waals surface area contributed by atoms with E-state index >= 15 is 0 Å². The summed E-state index contributed by atoms with van der Waals surface area (Å²) < 4.78 is 5.06. The van der Waals surface area contributed by atoms with Crippen molar-refractivity contribution in [3.63, 3.8) is 0 Å². The van der Waals surface area contributed by atoms with E-state index in [-0.39, 0.29) is 0 Å². The summed E-state index contributed by atoms with van der Waals surface area (Å²) in [5.74, 6) is 0. The van der Waals surface area contributed by atoms with Crippen LogP contribution in [-0.4, -0.2) is 5.16 Å². The van der Waals surface area contributed by atoms with Crippen LogP contribution in [0.3, 0.4) is 0 Å². The zero-order valence-electron chi connectivity index (χ0n) is 6.25. The van der Waals surface area contributed by atoms with Crippen LogP contribution in [0.5, 0.6) is 0 Å². The second-order valence-corrected chi connectivity index (χ2v) is 3.04. The molecular formula is C8H7BrN2O. The van der Waals surface area contributed by atoms with Gasteiger partial charge in [-0.3, -0.25) is 0 Å². The lowest BCUT2D eigenvalue weighted by atomic mass is 10.2. The maximum absolute atomic E-state index is 5.76. The van der Waals surface area contributed by atoms with E-state index in [1.807, 2.05) is 18.2 Å². The van der Waals surface area contributed by atoms with Crippen molar-refractivity contribution >= 4 is 32.6 Å². The minimum atomic E-state index is 0.661. The summed E-state index contributed by atoms with van der Waals surface area (Å²) in [6.07, 6.45) is 0. The number of anilines is 1. The van der Waals surface area contributed by atoms with Crippen LogP contribution in [0.1, 0.15) is 5.69 Å². The van der Waals surface area contributed by atoms with Crippen LogP contribution in [0.15, 0.2) is 22.7 Å². The number of nitrogen functional groups attached to an aromatic ring is 1. The zero-order valence-corrected chi connectivity index (χ0v) is 7.84. The molecule has 0 aliphatic carbocycles. The SMILES string of the molecule is Nc1cccc2onc(CBr)c12. The number of benzene rings is 1. The maximum Gasteiger partial charge on any atom is 0.169 e. The molecule has 0 aliphatic heterocycles. The highest BCUT2D eigenvalue weighted by Gasteiger charge is 2.08. The smallest absolute Gasteiger partial charge is 0.169 e. The molecule has 0 spiro atoms. The highest BCUT2D eigenvalue weighted by Crippen LogP contribution is 2.25. The number of halogens is 1. The first-order valence-electron chi connectivity index (χ1n) is 3.51. The predicted octanol–water partition coefficient (Wildman–Crippen LogP) is 2.30. The summed E-state index contributed by atoms with van der Waals surface area (Å²) in [6, 6.07) is 5.54. The fourth-order valence-electron chi connectivity index (χ4n) is 1.17. The van der Waals surface area contributed by atoms with E-state index in [2.05, 4.69) is 21.1 Å². The molecule has 1 aromatic carbocycles. The van der Waals surface area contributed by atoms with Crippen molar-refractivity contribution in [2.75, 3.05) is 5.73 Å². The van der Waals surface area contributed by atoms with E-state index in [1.165, 1.54) is 0 Å². The summed E-state index contributed by atoms with van der Waals surface area (Å²) in [5, 5.41) is 5.45. The Morgan fingerprint density at radius 3 is 3.08 bits per heavy atom. The number of hydrogen-bond donors (Lipinski definition) is 1. The van der Waals surface area contributed by atoms with Gasteiger partial charge in [0.1, 0.15) is 5.69 Å². The molecule has 0 fully saturated rings. The van der Waals surface area contributed by atoms with Crippen LogP contribution < -0.4 is 5.73 Å². The van der Waals surface area contributed by atoms with Crippen molar-refractivity contribution in [1.82, 2.24) is 5.16 Å². The number of rotatable bonds is 1. The standard InChI is InChI=1S/C8H7BrN2O/c9-4-6-8-5(10)2-1-3-7(8)12-11-6/h1-3H,4,10H2. The Bertz CT molecular complexity index is 410. The number of nitrogens with zero attached hydrogens (tertiary/aromatic N) is 1. The molecule has 2 N–H and O–H groups in total. The van der Waals surface area contributed by atoms with Gasteiger partial charge in [0, 0.05) is 11.0 Å². The maximum atomic E-state index is 5.76. The van der Waals surface area contributed by atoms with Crippen molar-refractivity contribution in [2.24, 2.45) is 0 Å². The Morgan fingerprint density at radius 1 is 1.50 bits per heavy atom. The topological polar surface area (TPSA) is 52.0 Å². The van der Waals surface area contributed by atoms with Gasteiger partial charge in [0.2, 0.25) is 0 Å². The van der Waals surface area contributed by atoms with E-state index in [1.54, 1.807) is 0 Å². The molecule has 0 saturated heterocycles. The van der Waals surface area contributed by atoms with E-state index in [0.29, 0.717) is 11.0 Å².